The monoisotopic (exact) mass is 286 g/mol. The minimum Gasteiger partial charge on any atom is -0.381 e. The SMILES string of the molecule is COC1CC(NS(=O)(=O)c2cnc(N)nc2)C1(C)C. The number of hydrogen-bond acceptors (Lipinski definition) is 6. The zero-order valence-electron chi connectivity index (χ0n) is 11.1. The maximum absolute atomic E-state index is 12.2. The second-order valence-corrected chi connectivity index (χ2v) is 6.95. The van der Waals surface area contributed by atoms with Crippen molar-refractivity contribution in [2.75, 3.05) is 12.8 Å². The second-order valence-electron chi connectivity index (χ2n) is 5.23. The topological polar surface area (TPSA) is 107 Å². The van der Waals surface area contributed by atoms with Crippen LogP contribution in [0.3, 0.4) is 0 Å². The van der Waals surface area contributed by atoms with Gasteiger partial charge in [-0.25, -0.2) is 23.1 Å². The maximum atomic E-state index is 12.2. The second kappa shape index (κ2) is 4.69. The maximum Gasteiger partial charge on any atom is 0.243 e. The van der Waals surface area contributed by atoms with Crippen LogP contribution in [-0.4, -0.2) is 37.6 Å². The molecule has 0 radical (unpaired) electrons. The van der Waals surface area contributed by atoms with Gasteiger partial charge in [-0.3, -0.25) is 0 Å². The zero-order valence-corrected chi connectivity index (χ0v) is 11.9. The molecule has 2 unspecified atom stereocenters. The third-order valence-electron chi connectivity index (χ3n) is 3.72. The van der Waals surface area contributed by atoms with Crippen molar-refractivity contribution in [3.05, 3.63) is 12.4 Å². The van der Waals surface area contributed by atoms with Crippen molar-refractivity contribution in [3.8, 4) is 0 Å². The molecule has 1 aliphatic rings. The number of nitrogens with two attached hydrogens (primary N) is 1. The van der Waals surface area contributed by atoms with Crippen molar-refractivity contribution in [2.24, 2.45) is 5.41 Å². The molecular weight excluding hydrogens is 268 g/mol. The summed E-state index contributed by atoms with van der Waals surface area (Å²) in [7, 11) is -2.00. The number of methoxy groups -OCH3 is 1. The van der Waals surface area contributed by atoms with Crippen LogP contribution in [0, 0.1) is 5.41 Å². The average molecular weight is 286 g/mol. The summed E-state index contributed by atoms with van der Waals surface area (Å²) in [5.41, 5.74) is 5.09. The average Bonchev–Trinajstić information content (AvgIpc) is 2.34. The fourth-order valence-electron chi connectivity index (χ4n) is 2.21. The van der Waals surface area contributed by atoms with Gasteiger partial charge < -0.3 is 10.5 Å². The fraction of sp³-hybridized carbons (Fsp3) is 0.636. The number of nitrogens with one attached hydrogen (secondary N) is 1. The molecule has 1 fully saturated rings. The third-order valence-corrected chi connectivity index (χ3v) is 5.14. The lowest BCUT2D eigenvalue weighted by molar-refractivity contribution is -0.0908. The minimum absolute atomic E-state index is 0.0124. The Morgan fingerprint density at radius 2 is 2.00 bits per heavy atom. The smallest absolute Gasteiger partial charge is 0.243 e. The van der Waals surface area contributed by atoms with Crippen LogP contribution in [0.4, 0.5) is 5.95 Å². The lowest BCUT2D eigenvalue weighted by Gasteiger charge is -2.50. The van der Waals surface area contributed by atoms with Gasteiger partial charge in [-0.05, 0) is 6.42 Å². The Hall–Kier alpha value is -1.25. The third kappa shape index (κ3) is 2.56. The zero-order chi connectivity index (χ0) is 14.3. The summed E-state index contributed by atoms with van der Waals surface area (Å²) in [6.45, 7) is 3.94. The Balaban J connectivity index is 2.13. The molecule has 1 saturated carbocycles. The molecule has 2 rings (SSSR count). The lowest BCUT2D eigenvalue weighted by Crippen LogP contribution is -2.61. The highest BCUT2D eigenvalue weighted by Crippen LogP contribution is 2.42. The normalized spacial score (nSPS) is 25.8. The quantitative estimate of drug-likeness (QED) is 0.816. The van der Waals surface area contributed by atoms with E-state index in [4.69, 9.17) is 10.5 Å². The fourth-order valence-corrected chi connectivity index (χ4v) is 3.50. The Morgan fingerprint density at radius 1 is 1.42 bits per heavy atom. The van der Waals surface area contributed by atoms with Crippen LogP contribution >= 0.6 is 0 Å². The van der Waals surface area contributed by atoms with Crippen molar-refractivity contribution < 1.29 is 13.2 Å². The lowest BCUT2D eigenvalue weighted by atomic mass is 9.65. The number of hydrogen-bond donors (Lipinski definition) is 2. The van der Waals surface area contributed by atoms with Crippen LogP contribution in [0.15, 0.2) is 17.3 Å². The van der Waals surface area contributed by atoms with Crippen molar-refractivity contribution in [1.29, 1.82) is 0 Å². The number of rotatable bonds is 4. The standard InChI is InChI=1S/C11H18N4O3S/c1-11(2)8(4-9(11)18-3)15-19(16,17)7-5-13-10(12)14-6-7/h5-6,8-9,15H,4H2,1-3H3,(H2,12,13,14). The van der Waals surface area contributed by atoms with Gasteiger partial charge in [0.05, 0.1) is 18.5 Å². The summed E-state index contributed by atoms with van der Waals surface area (Å²) in [5.74, 6) is 0.0439. The molecule has 106 valence electrons. The molecule has 19 heavy (non-hydrogen) atoms. The van der Waals surface area contributed by atoms with Gasteiger partial charge in [0.2, 0.25) is 16.0 Å². The predicted molar refractivity (Wildman–Crippen MR) is 69.7 cm³/mol. The molecule has 0 amide bonds. The number of aromatic nitrogens is 2. The number of sulfonamides is 1. The van der Waals surface area contributed by atoms with Gasteiger partial charge in [0.15, 0.2) is 0 Å². The molecule has 0 bridgehead atoms. The molecule has 1 aromatic rings. The summed E-state index contributed by atoms with van der Waals surface area (Å²) < 4.78 is 32.3. The molecule has 1 aliphatic carbocycles. The van der Waals surface area contributed by atoms with Crippen LogP contribution in [-0.2, 0) is 14.8 Å². The molecule has 8 heteroatoms. The molecule has 1 heterocycles. The van der Waals surface area contributed by atoms with Crippen LogP contribution in [0.5, 0.6) is 0 Å². The number of anilines is 1. The van der Waals surface area contributed by atoms with Crippen molar-refractivity contribution in [2.45, 2.75) is 37.3 Å². The Morgan fingerprint density at radius 3 is 2.47 bits per heavy atom. The molecule has 1 aromatic heterocycles. The molecule has 0 aliphatic heterocycles. The first-order valence-electron chi connectivity index (χ1n) is 5.90. The van der Waals surface area contributed by atoms with E-state index in [-0.39, 0.29) is 28.4 Å². The summed E-state index contributed by atoms with van der Waals surface area (Å²) in [5, 5.41) is 0. The summed E-state index contributed by atoms with van der Waals surface area (Å²) in [6.07, 6.45) is 3.11. The number of nitrogens with zero attached hydrogens (tertiary/aromatic N) is 2. The van der Waals surface area contributed by atoms with E-state index in [1.54, 1.807) is 7.11 Å². The van der Waals surface area contributed by atoms with Crippen LogP contribution in [0.1, 0.15) is 20.3 Å². The Labute approximate surface area is 112 Å². The molecule has 0 spiro atoms. The number of ether oxygens (including phenoxy) is 1. The van der Waals surface area contributed by atoms with Gasteiger partial charge in [0.25, 0.3) is 0 Å². The Bertz CT molecular complexity index is 556. The molecule has 2 atom stereocenters. The van der Waals surface area contributed by atoms with E-state index in [9.17, 15) is 8.42 Å². The van der Waals surface area contributed by atoms with Crippen LogP contribution in [0.25, 0.3) is 0 Å². The van der Waals surface area contributed by atoms with Crippen LogP contribution < -0.4 is 10.5 Å². The van der Waals surface area contributed by atoms with Crippen LogP contribution in [0.2, 0.25) is 0 Å². The van der Waals surface area contributed by atoms with Crippen molar-refractivity contribution in [3.63, 3.8) is 0 Å². The van der Waals surface area contributed by atoms with E-state index in [0.29, 0.717) is 6.42 Å². The first kappa shape index (κ1) is 14.2. The van der Waals surface area contributed by atoms with Gasteiger partial charge in [-0.15, -0.1) is 0 Å². The molecule has 7 nitrogen and oxygen atoms in total. The van der Waals surface area contributed by atoms with Gasteiger partial charge in [0, 0.05) is 18.6 Å². The molecular formula is C11H18N4O3S. The van der Waals surface area contributed by atoms with Gasteiger partial charge in [0.1, 0.15) is 4.90 Å². The summed E-state index contributed by atoms with van der Waals surface area (Å²) in [6, 6.07) is -0.167. The minimum atomic E-state index is -3.63. The van der Waals surface area contributed by atoms with Gasteiger partial charge in [-0.2, -0.15) is 0 Å². The van der Waals surface area contributed by atoms with E-state index in [1.807, 2.05) is 13.8 Å². The largest absolute Gasteiger partial charge is 0.381 e. The van der Waals surface area contributed by atoms with E-state index < -0.39 is 10.0 Å². The highest BCUT2D eigenvalue weighted by molar-refractivity contribution is 7.89. The highest BCUT2D eigenvalue weighted by atomic mass is 32.2. The van der Waals surface area contributed by atoms with E-state index in [2.05, 4.69) is 14.7 Å². The molecule has 3 N–H and O–H groups in total. The molecule has 0 aromatic carbocycles. The predicted octanol–water partition coefficient (Wildman–Crippen LogP) is 0.151. The summed E-state index contributed by atoms with van der Waals surface area (Å²) in [4.78, 5) is 7.39. The van der Waals surface area contributed by atoms with E-state index in [0.717, 1.165) is 0 Å². The van der Waals surface area contributed by atoms with Crippen molar-refractivity contribution in [1.82, 2.24) is 14.7 Å². The Kier molecular flexibility index (Phi) is 3.50. The summed E-state index contributed by atoms with van der Waals surface area (Å²) >= 11 is 0. The van der Waals surface area contributed by atoms with E-state index in [1.165, 1.54) is 12.4 Å². The first-order chi connectivity index (χ1) is 8.77. The molecule has 0 saturated heterocycles. The number of nitrogen functional groups attached to an aromatic ring is 1. The van der Waals surface area contributed by atoms with E-state index >= 15 is 0 Å². The first-order valence-corrected chi connectivity index (χ1v) is 7.38. The van der Waals surface area contributed by atoms with Gasteiger partial charge in [-0.1, -0.05) is 13.8 Å². The van der Waals surface area contributed by atoms with Crippen molar-refractivity contribution >= 4 is 16.0 Å². The van der Waals surface area contributed by atoms with Gasteiger partial charge >= 0.3 is 0 Å². The highest BCUT2D eigenvalue weighted by Gasteiger charge is 2.50.